The summed E-state index contributed by atoms with van der Waals surface area (Å²) in [5.41, 5.74) is 2.21. The van der Waals surface area contributed by atoms with Crippen molar-refractivity contribution >= 4 is 11.6 Å². The average molecular weight is 258 g/mol. The Morgan fingerprint density at radius 1 is 1.24 bits per heavy atom. The third-order valence-electron chi connectivity index (χ3n) is 2.75. The number of halogens is 1. The Morgan fingerprint density at radius 3 is 2.35 bits per heavy atom. The van der Waals surface area contributed by atoms with Crippen molar-refractivity contribution in [3.05, 3.63) is 16.4 Å². The molecule has 1 N–H and O–H groups in total. The van der Waals surface area contributed by atoms with Crippen molar-refractivity contribution in [2.75, 3.05) is 6.54 Å². The smallest absolute Gasteiger partial charge is 0.0844 e. The van der Waals surface area contributed by atoms with Crippen molar-refractivity contribution in [2.24, 2.45) is 0 Å². The van der Waals surface area contributed by atoms with Gasteiger partial charge in [0.1, 0.15) is 0 Å². The van der Waals surface area contributed by atoms with Crippen molar-refractivity contribution in [1.29, 1.82) is 0 Å². The van der Waals surface area contributed by atoms with Crippen LogP contribution in [0.5, 0.6) is 0 Å². The van der Waals surface area contributed by atoms with Crippen LogP contribution in [0.3, 0.4) is 0 Å². The Hall–Kier alpha value is -0.540. The zero-order valence-corrected chi connectivity index (χ0v) is 12.4. The number of nitrogens with one attached hydrogen (secondary N) is 1. The van der Waals surface area contributed by atoms with E-state index in [1.807, 2.05) is 18.5 Å². The molecule has 0 saturated heterocycles. The molecule has 0 atom stereocenters. The molecule has 1 rings (SSSR count). The number of aromatic nitrogens is 2. The summed E-state index contributed by atoms with van der Waals surface area (Å²) in [6.07, 6.45) is 2.29. The fourth-order valence-electron chi connectivity index (χ4n) is 1.74. The van der Waals surface area contributed by atoms with Crippen molar-refractivity contribution < 1.29 is 0 Å². The van der Waals surface area contributed by atoms with Gasteiger partial charge in [-0.05, 0) is 54.0 Å². The molecule has 0 aromatic carbocycles. The Bertz CT molecular complexity index is 363. The standard InChI is InChI=1S/C13H24ClN3/c1-10-12(14)11(2)17(16-10)9-7-6-8-15-13(3,4)5/h15H,6-9H2,1-5H3. The minimum atomic E-state index is 0.210. The van der Waals surface area contributed by atoms with E-state index in [1.165, 1.54) is 0 Å². The van der Waals surface area contributed by atoms with Crippen LogP contribution in [-0.2, 0) is 6.54 Å². The van der Waals surface area contributed by atoms with Crippen LogP contribution in [-0.4, -0.2) is 21.9 Å². The lowest BCUT2D eigenvalue weighted by molar-refractivity contribution is 0.411. The average Bonchev–Trinajstić information content (AvgIpc) is 2.44. The number of nitrogens with zero attached hydrogens (tertiary/aromatic N) is 2. The van der Waals surface area contributed by atoms with Gasteiger partial charge in [-0.3, -0.25) is 4.68 Å². The van der Waals surface area contributed by atoms with Gasteiger partial charge in [0, 0.05) is 12.1 Å². The van der Waals surface area contributed by atoms with Crippen LogP contribution < -0.4 is 5.32 Å². The van der Waals surface area contributed by atoms with Gasteiger partial charge in [0.25, 0.3) is 0 Å². The first kappa shape index (κ1) is 14.5. The molecule has 0 aliphatic carbocycles. The van der Waals surface area contributed by atoms with Gasteiger partial charge < -0.3 is 5.32 Å². The molecule has 0 unspecified atom stereocenters. The molecule has 1 aromatic rings. The molecule has 98 valence electrons. The maximum Gasteiger partial charge on any atom is 0.0844 e. The minimum Gasteiger partial charge on any atom is -0.312 e. The highest BCUT2D eigenvalue weighted by atomic mass is 35.5. The van der Waals surface area contributed by atoms with Crippen LogP contribution in [0.15, 0.2) is 0 Å². The van der Waals surface area contributed by atoms with E-state index in [1.54, 1.807) is 0 Å². The second-order valence-electron chi connectivity index (χ2n) is 5.59. The van der Waals surface area contributed by atoms with Gasteiger partial charge in [-0.25, -0.2) is 0 Å². The molecule has 0 fully saturated rings. The van der Waals surface area contributed by atoms with Gasteiger partial charge >= 0.3 is 0 Å². The van der Waals surface area contributed by atoms with Crippen molar-refractivity contribution in [3.63, 3.8) is 0 Å². The van der Waals surface area contributed by atoms with Crippen LogP contribution in [0.2, 0.25) is 5.02 Å². The van der Waals surface area contributed by atoms with E-state index in [0.29, 0.717) is 0 Å². The SMILES string of the molecule is Cc1nn(CCCCNC(C)(C)C)c(C)c1Cl. The number of aryl methyl sites for hydroxylation is 2. The summed E-state index contributed by atoms with van der Waals surface area (Å²) >= 11 is 6.10. The summed E-state index contributed by atoms with van der Waals surface area (Å²) in [6, 6.07) is 0. The van der Waals surface area contributed by atoms with Gasteiger partial charge in [-0.1, -0.05) is 11.6 Å². The molecule has 3 nitrogen and oxygen atoms in total. The molecule has 0 aliphatic heterocycles. The lowest BCUT2D eigenvalue weighted by Crippen LogP contribution is -2.36. The van der Waals surface area contributed by atoms with Crippen molar-refractivity contribution in [1.82, 2.24) is 15.1 Å². The van der Waals surface area contributed by atoms with Crippen molar-refractivity contribution in [3.8, 4) is 0 Å². The van der Waals surface area contributed by atoms with Crippen LogP contribution in [0.1, 0.15) is 45.0 Å². The molecule has 1 aromatic heterocycles. The summed E-state index contributed by atoms with van der Waals surface area (Å²) in [6.45, 7) is 12.5. The van der Waals surface area contributed by atoms with Gasteiger partial charge in [-0.15, -0.1) is 0 Å². The van der Waals surface area contributed by atoms with E-state index >= 15 is 0 Å². The summed E-state index contributed by atoms with van der Waals surface area (Å²) in [5.74, 6) is 0. The van der Waals surface area contributed by atoms with E-state index in [0.717, 1.165) is 42.3 Å². The predicted octanol–water partition coefficient (Wildman–Crippen LogP) is 3.32. The van der Waals surface area contributed by atoms with Crippen LogP contribution in [0.4, 0.5) is 0 Å². The number of hydrogen-bond donors (Lipinski definition) is 1. The Kier molecular flexibility index (Phi) is 5.02. The van der Waals surface area contributed by atoms with E-state index in [2.05, 4.69) is 31.2 Å². The highest BCUT2D eigenvalue weighted by Gasteiger charge is 2.09. The molecule has 4 heteroatoms. The van der Waals surface area contributed by atoms with Crippen molar-refractivity contribution in [2.45, 2.75) is 59.5 Å². The monoisotopic (exact) mass is 257 g/mol. The van der Waals surface area contributed by atoms with E-state index in [4.69, 9.17) is 11.6 Å². The second-order valence-corrected chi connectivity index (χ2v) is 5.97. The van der Waals surface area contributed by atoms with Gasteiger partial charge in [0.05, 0.1) is 16.4 Å². The first-order valence-corrected chi connectivity index (χ1v) is 6.63. The Labute approximate surface area is 110 Å². The second kappa shape index (κ2) is 5.87. The van der Waals surface area contributed by atoms with Gasteiger partial charge in [-0.2, -0.15) is 5.10 Å². The summed E-state index contributed by atoms with van der Waals surface area (Å²) in [4.78, 5) is 0. The largest absolute Gasteiger partial charge is 0.312 e. The van der Waals surface area contributed by atoms with Crippen LogP contribution in [0.25, 0.3) is 0 Å². The maximum atomic E-state index is 6.10. The van der Waals surface area contributed by atoms with Gasteiger partial charge in [0.15, 0.2) is 0 Å². The Balaban J connectivity index is 2.29. The zero-order chi connectivity index (χ0) is 13.1. The highest BCUT2D eigenvalue weighted by molar-refractivity contribution is 6.31. The third-order valence-corrected chi connectivity index (χ3v) is 3.29. The highest BCUT2D eigenvalue weighted by Crippen LogP contribution is 2.19. The third kappa shape index (κ3) is 4.68. The predicted molar refractivity (Wildman–Crippen MR) is 73.7 cm³/mol. The summed E-state index contributed by atoms with van der Waals surface area (Å²) in [7, 11) is 0. The lowest BCUT2D eigenvalue weighted by atomic mass is 10.1. The molecule has 0 radical (unpaired) electrons. The number of rotatable bonds is 5. The van der Waals surface area contributed by atoms with Crippen LogP contribution in [0, 0.1) is 13.8 Å². The first-order chi connectivity index (χ1) is 7.81. The molecule has 0 bridgehead atoms. The zero-order valence-electron chi connectivity index (χ0n) is 11.6. The topological polar surface area (TPSA) is 29.9 Å². The molecule has 0 amide bonds. The van der Waals surface area contributed by atoms with E-state index in [9.17, 15) is 0 Å². The van der Waals surface area contributed by atoms with Gasteiger partial charge in [0.2, 0.25) is 0 Å². The quantitative estimate of drug-likeness (QED) is 0.820. The number of hydrogen-bond acceptors (Lipinski definition) is 2. The summed E-state index contributed by atoms with van der Waals surface area (Å²) < 4.78 is 2.01. The minimum absolute atomic E-state index is 0.210. The fourth-order valence-corrected chi connectivity index (χ4v) is 1.88. The Morgan fingerprint density at radius 2 is 1.88 bits per heavy atom. The molecule has 17 heavy (non-hydrogen) atoms. The molecule has 0 aliphatic rings. The first-order valence-electron chi connectivity index (χ1n) is 6.26. The maximum absolute atomic E-state index is 6.10. The molecule has 1 heterocycles. The summed E-state index contributed by atoms with van der Waals surface area (Å²) in [5, 5.41) is 8.71. The molecular weight excluding hydrogens is 234 g/mol. The number of unbranched alkanes of at least 4 members (excludes halogenated alkanes) is 1. The van der Waals surface area contributed by atoms with E-state index in [-0.39, 0.29) is 5.54 Å². The molecule has 0 spiro atoms. The van der Waals surface area contributed by atoms with E-state index < -0.39 is 0 Å². The normalized spacial score (nSPS) is 12.1. The molecule has 0 saturated carbocycles. The fraction of sp³-hybridized carbons (Fsp3) is 0.769. The van der Waals surface area contributed by atoms with Crippen LogP contribution >= 0.6 is 11.6 Å². The lowest BCUT2D eigenvalue weighted by Gasteiger charge is -2.20. The molecular formula is C13H24ClN3.